The molecule has 3 rings (SSSR count). The standard InChI is InChI=1S/C20H16BrClN2O3/c1-13(26-17-8-6-16(22)7-9-17)20(25)24-23-12-18-10-11-19(27-18)14-2-4-15(21)5-3-14/h2-13H,1H3,(H,24,25)/b23-12+. The molecule has 27 heavy (non-hydrogen) atoms. The van der Waals surface area contributed by atoms with Crippen molar-refractivity contribution in [2.45, 2.75) is 13.0 Å². The fourth-order valence-corrected chi connectivity index (χ4v) is 2.60. The van der Waals surface area contributed by atoms with Crippen molar-refractivity contribution in [3.8, 4) is 17.1 Å². The van der Waals surface area contributed by atoms with Crippen LogP contribution in [-0.2, 0) is 4.79 Å². The Kier molecular flexibility index (Phi) is 6.32. The molecule has 0 aliphatic carbocycles. The van der Waals surface area contributed by atoms with Gasteiger partial charge in [0.1, 0.15) is 17.3 Å². The van der Waals surface area contributed by atoms with Crippen LogP contribution < -0.4 is 10.2 Å². The molecular formula is C20H16BrClN2O3. The lowest BCUT2D eigenvalue weighted by atomic mass is 10.2. The maximum atomic E-state index is 12.1. The maximum absolute atomic E-state index is 12.1. The van der Waals surface area contributed by atoms with E-state index in [9.17, 15) is 4.79 Å². The largest absolute Gasteiger partial charge is 0.481 e. The predicted octanol–water partition coefficient (Wildman–Crippen LogP) is 5.28. The first-order valence-corrected chi connectivity index (χ1v) is 9.29. The summed E-state index contributed by atoms with van der Waals surface area (Å²) in [5.41, 5.74) is 3.38. The second-order valence-electron chi connectivity index (χ2n) is 5.66. The van der Waals surface area contributed by atoms with Crippen molar-refractivity contribution >= 4 is 39.7 Å². The average molecular weight is 448 g/mol. The van der Waals surface area contributed by atoms with Crippen LogP contribution in [0.3, 0.4) is 0 Å². The Morgan fingerprint density at radius 1 is 1.15 bits per heavy atom. The molecule has 0 bridgehead atoms. The number of hydrazone groups is 1. The number of ether oxygens (including phenoxy) is 1. The van der Waals surface area contributed by atoms with Crippen molar-refractivity contribution < 1.29 is 13.9 Å². The van der Waals surface area contributed by atoms with E-state index in [1.807, 2.05) is 30.3 Å². The molecule has 1 amide bonds. The first-order chi connectivity index (χ1) is 13.0. The van der Waals surface area contributed by atoms with Gasteiger partial charge in [-0.15, -0.1) is 0 Å². The molecule has 3 aromatic rings. The van der Waals surface area contributed by atoms with Crippen molar-refractivity contribution in [3.05, 3.63) is 75.9 Å². The molecule has 5 nitrogen and oxygen atoms in total. The van der Waals surface area contributed by atoms with E-state index >= 15 is 0 Å². The molecule has 7 heteroatoms. The third-order valence-corrected chi connectivity index (χ3v) is 4.40. The summed E-state index contributed by atoms with van der Waals surface area (Å²) in [4.78, 5) is 12.1. The van der Waals surface area contributed by atoms with E-state index in [0.717, 1.165) is 15.8 Å². The third-order valence-electron chi connectivity index (χ3n) is 3.62. The van der Waals surface area contributed by atoms with Crippen molar-refractivity contribution in [3.63, 3.8) is 0 Å². The van der Waals surface area contributed by atoms with Gasteiger partial charge in [0.15, 0.2) is 6.10 Å². The highest BCUT2D eigenvalue weighted by Crippen LogP contribution is 2.23. The third kappa shape index (κ3) is 5.45. The first kappa shape index (κ1) is 19.2. The summed E-state index contributed by atoms with van der Waals surface area (Å²) < 4.78 is 12.2. The van der Waals surface area contributed by atoms with Crippen LogP contribution in [0.1, 0.15) is 12.7 Å². The van der Waals surface area contributed by atoms with Crippen molar-refractivity contribution in [1.82, 2.24) is 5.43 Å². The van der Waals surface area contributed by atoms with Gasteiger partial charge < -0.3 is 9.15 Å². The number of nitrogens with zero attached hydrogens (tertiary/aromatic N) is 1. The van der Waals surface area contributed by atoms with Gasteiger partial charge in [0.25, 0.3) is 5.91 Å². The highest BCUT2D eigenvalue weighted by atomic mass is 79.9. The van der Waals surface area contributed by atoms with Crippen LogP contribution in [0.15, 0.2) is 74.7 Å². The lowest BCUT2D eigenvalue weighted by Gasteiger charge is -2.12. The van der Waals surface area contributed by atoms with Crippen molar-refractivity contribution in [2.75, 3.05) is 0 Å². The highest BCUT2D eigenvalue weighted by Gasteiger charge is 2.14. The van der Waals surface area contributed by atoms with Gasteiger partial charge in [-0.1, -0.05) is 39.7 Å². The molecular weight excluding hydrogens is 432 g/mol. The number of halogens is 2. The predicted molar refractivity (Wildman–Crippen MR) is 109 cm³/mol. The Labute approximate surface area is 170 Å². The number of furan rings is 1. The second-order valence-corrected chi connectivity index (χ2v) is 7.01. The van der Waals surface area contributed by atoms with Crippen LogP contribution in [-0.4, -0.2) is 18.2 Å². The number of nitrogens with one attached hydrogen (secondary N) is 1. The molecule has 1 heterocycles. The molecule has 0 saturated heterocycles. The molecule has 0 aliphatic rings. The van der Waals surface area contributed by atoms with E-state index in [1.54, 1.807) is 37.3 Å². The summed E-state index contributed by atoms with van der Waals surface area (Å²) in [6, 6.07) is 18.2. The highest BCUT2D eigenvalue weighted by molar-refractivity contribution is 9.10. The van der Waals surface area contributed by atoms with E-state index in [1.165, 1.54) is 6.21 Å². The minimum Gasteiger partial charge on any atom is -0.481 e. The Hall–Kier alpha value is -2.57. The molecule has 1 aromatic heterocycles. The number of hydrogen-bond donors (Lipinski definition) is 1. The summed E-state index contributed by atoms with van der Waals surface area (Å²) in [5, 5.41) is 4.51. The van der Waals surface area contributed by atoms with Gasteiger partial charge in [-0.3, -0.25) is 4.79 Å². The van der Waals surface area contributed by atoms with E-state index in [0.29, 0.717) is 16.5 Å². The summed E-state index contributed by atoms with van der Waals surface area (Å²) in [6.45, 7) is 1.64. The summed E-state index contributed by atoms with van der Waals surface area (Å²) >= 11 is 9.22. The molecule has 0 radical (unpaired) electrons. The lowest BCUT2D eigenvalue weighted by Crippen LogP contribution is -2.33. The van der Waals surface area contributed by atoms with Gasteiger partial charge in [0.2, 0.25) is 0 Å². The zero-order valence-corrected chi connectivity index (χ0v) is 16.7. The minimum absolute atomic E-state index is 0.374. The second kappa shape index (κ2) is 8.88. The van der Waals surface area contributed by atoms with Gasteiger partial charge >= 0.3 is 0 Å². The molecule has 0 saturated carbocycles. The quantitative estimate of drug-likeness (QED) is 0.413. The Morgan fingerprint density at radius 2 is 1.85 bits per heavy atom. The van der Waals surface area contributed by atoms with Crippen LogP contribution in [0.5, 0.6) is 5.75 Å². The number of hydrogen-bond acceptors (Lipinski definition) is 4. The van der Waals surface area contributed by atoms with E-state index in [-0.39, 0.29) is 5.91 Å². The molecule has 2 aromatic carbocycles. The Morgan fingerprint density at radius 3 is 2.56 bits per heavy atom. The first-order valence-electron chi connectivity index (χ1n) is 8.12. The monoisotopic (exact) mass is 446 g/mol. The molecule has 1 unspecified atom stereocenters. The Bertz CT molecular complexity index is 937. The van der Waals surface area contributed by atoms with E-state index < -0.39 is 6.10 Å². The fourth-order valence-electron chi connectivity index (χ4n) is 2.21. The van der Waals surface area contributed by atoms with Gasteiger partial charge in [-0.25, -0.2) is 5.43 Å². The lowest BCUT2D eigenvalue weighted by molar-refractivity contribution is -0.127. The van der Waals surface area contributed by atoms with Crippen molar-refractivity contribution in [2.24, 2.45) is 5.10 Å². The number of amides is 1. The van der Waals surface area contributed by atoms with Gasteiger partial charge in [0, 0.05) is 15.1 Å². The smallest absolute Gasteiger partial charge is 0.280 e. The number of rotatable bonds is 6. The molecule has 0 aliphatic heterocycles. The topological polar surface area (TPSA) is 63.8 Å². The fraction of sp³-hybridized carbons (Fsp3) is 0.100. The zero-order valence-electron chi connectivity index (χ0n) is 14.4. The van der Waals surface area contributed by atoms with E-state index in [2.05, 4.69) is 26.5 Å². The molecule has 1 atom stereocenters. The summed E-state index contributed by atoms with van der Waals surface area (Å²) in [6.07, 6.45) is 0.730. The number of benzene rings is 2. The van der Waals surface area contributed by atoms with Crippen LogP contribution in [0.2, 0.25) is 5.02 Å². The van der Waals surface area contributed by atoms with Crippen LogP contribution in [0.25, 0.3) is 11.3 Å². The van der Waals surface area contributed by atoms with Crippen LogP contribution in [0, 0.1) is 0 Å². The number of carbonyl (C=O) groups is 1. The van der Waals surface area contributed by atoms with Gasteiger partial charge in [-0.05, 0) is 55.5 Å². The SMILES string of the molecule is CC(Oc1ccc(Cl)cc1)C(=O)N/N=C/c1ccc(-c2ccc(Br)cc2)o1. The minimum atomic E-state index is -0.710. The van der Waals surface area contributed by atoms with Crippen LogP contribution in [0.4, 0.5) is 0 Å². The van der Waals surface area contributed by atoms with Gasteiger partial charge in [0.05, 0.1) is 6.21 Å². The summed E-state index contributed by atoms with van der Waals surface area (Å²) in [7, 11) is 0. The molecule has 1 N–H and O–H groups in total. The van der Waals surface area contributed by atoms with Crippen molar-refractivity contribution in [1.29, 1.82) is 0 Å². The van der Waals surface area contributed by atoms with Crippen LogP contribution >= 0.6 is 27.5 Å². The molecule has 138 valence electrons. The normalized spacial score (nSPS) is 12.1. The molecule has 0 spiro atoms. The molecule has 0 fully saturated rings. The number of carbonyl (C=O) groups excluding carboxylic acids is 1. The van der Waals surface area contributed by atoms with Gasteiger partial charge in [-0.2, -0.15) is 5.10 Å². The Balaban J connectivity index is 1.54. The zero-order chi connectivity index (χ0) is 19.2. The maximum Gasteiger partial charge on any atom is 0.280 e. The summed E-state index contributed by atoms with van der Waals surface area (Å²) in [5.74, 6) is 1.42. The van der Waals surface area contributed by atoms with E-state index in [4.69, 9.17) is 20.8 Å². The average Bonchev–Trinajstić information content (AvgIpc) is 3.13.